The fourth-order valence-electron chi connectivity index (χ4n) is 4.12. The Morgan fingerprint density at radius 1 is 1.43 bits per heavy atom. The Hall–Kier alpha value is -1.52. The molecule has 2 heterocycles. The van der Waals surface area contributed by atoms with Crippen LogP contribution in [0, 0.1) is 0 Å². The van der Waals surface area contributed by atoms with Gasteiger partial charge in [-0.1, -0.05) is 18.2 Å². The highest BCUT2D eigenvalue weighted by molar-refractivity contribution is 5.61. The van der Waals surface area contributed by atoms with Gasteiger partial charge in [0.1, 0.15) is 6.10 Å². The van der Waals surface area contributed by atoms with E-state index in [1.165, 1.54) is 11.1 Å². The van der Waals surface area contributed by atoms with Crippen LogP contribution in [0.15, 0.2) is 24.3 Å². The van der Waals surface area contributed by atoms with E-state index in [0.717, 1.165) is 37.4 Å². The second-order valence-corrected chi connectivity index (χ2v) is 6.52. The van der Waals surface area contributed by atoms with Crippen LogP contribution in [0.25, 0.3) is 0 Å². The van der Waals surface area contributed by atoms with Crippen molar-refractivity contribution >= 4 is 0 Å². The van der Waals surface area contributed by atoms with Gasteiger partial charge in [-0.25, -0.2) is 0 Å². The second kappa shape index (κ2) is 4.49. The van der Waals surface area contributed by atoms with E-state index in [-0.39, 0.29) is 17.6 Å². The number of hydrogen-bond donors (Lipinski definition) is 1. The normalized spacial score (nSPS) is 33.9. The summed E-state index contributed by atoms with van der Waals surface area (Å²) in [5.41, 5.74) is 8.78. The summed E-state index contributed by atoms with van der Waals surface area (Å²) in [5.74, 6) is 1.78. The van der Waals surface area contributed by atoms with Crippen molar-refractivity contribution in [1.82, 2.24) is 4.90 Å². The molecule has 2 N–H and O–H groups in total. The van der Waals surface area contributed by atoms with Crippen molar-refractivity contribution < 1.29 is 9.47 Å². The summed E-state index contributed by atoms with van der Waals surface area (Å²) in [6.45, 7) is 2.03. The van der Waals surface area contributed by atoms with E-state index in [9.17, 15) is 0 Å². The van der Waals surface area contributed by atoms with Crippen molar-refractivity contribution in [3.05, 3.63) is 35.4 Å². The summed E-state index contributed by atoms with van der Waals surface area (Å²) in [6, 6.07) is 4.31. The minimum Gasteiger partial charge on any atom is -0.493 e. The van der Waals surface area contributed by atoms with Crippen molar-refractivity contribution in [2.24, 2.45) is 5.73 Å². The molecule has 4 rings (SSSR count). The lowest BCUT2D eigenvalue weighted by molar-refractivity contribution is 0.134. The molecule has 2 unspecified atom stereocenters. The van der Waals surface area contributed by atoms with Gasteiger partial charge in [0.05, 0.1) is 12.5 Å². The maximum atomic E-state index is 6.33. The smallest absolute Gasteiger partial charge is 0.166 e. The molecule has 0 bridgehead atoms. The van der Waals surface area contributed by atoms with E-state index in [4.69, 9.17) is 15.2 Å². The number of methoxy groups -OCH3 is 1. The highest BCUT2D eigenvalue weighted by Gasteiger charge is 2.52. The van der Waals surface area contributed by atoms with E-state index >= 15 is 0 Å². The number of nitrogens with zero attached hydrogens (tertiary/aromatic N) is 1. The van der Waals surface area contributed by atoms with Gasteiger partial charge in [0.15, 0.2) is 11.5 Å². The fourth-order valence-corrected chi connectivity index (χ4v) is 4.12. The van der Waals surface area contributed by atoms with Gasteiger partial charge in [-0.3, -0.25) is 0 Å². The van der Waals surface area contributed by atoms with Crippen LogP contribution in [0.2, 0.25) is 0 Å². The van der Waals surface area contributed by atoms with E-state index < -0.39 is 0 Å². The zero-order chi connectivity index (χ0) is 14.6. The first kappa shape index (κ1) is 13.2. The standard InChI is InChI=1S/C17H22N2O2/c1-19-8-7-17-6-5-12(18)9-14(17)21-16-13(20-2)4-3-11(10-19)15(16)17/h3-6,12,14H,7-10,18H2,1-2H3/t12-,14?,17?/m1/s1. The monoisotopic (exact) mass is 286 g/mol. The molecule has 0 aromatic heterocycles. The van der Waals surface area contributed by atoms with E-state index in [0.29, 0.717) is 0 Å². The zero-order valence-electron chi connectivity index (χ0n) is 12.6. The fraction of sp³-hybridized carbons (Fsp3) is 0.529. The highest BCUT2D eigenvalue weighted by Crippen LogP contribution is 2.55. The predicted molar refractivity (Wildman–Crippen MR) is 81.8 cm³/mol. The minimum absolute atomic E-state index is 0.0279. The third-order valence-corrected chi connectivity index (χ3v) is 5.20. The van der Waals surface area contributed by atoms with Crippen molar-refractivity contribution in [1.29, 1.82) is 0 Å². The Kier molecular flexibility index (Phi) is 2.81. The molecule has 4 nitrogen and oxygen atoms in total. The Labute approximate surface area is 125 Å². The third kappa shape index (κ3) is 1.75. The summed E-state index contributed by atoms with van der Waals surface area (Å²) < 4.78 is 11.9. The first-order valence-electron chi connectivity index (χ1n) is 7.64. The molecular formula is C17H22N2O2. The molecule has 21 heavy (non-hydrogen) atoms. The number of hydrogen-bond acceptors (Lipinski definition) is 4. The molecule has 1 aliphatic carbocycles. The average molecular weight is 286 g/mol. The second-order valence-electron chi connectivity index (χ2n) is 6.52. The molecule has 1 spiro atoms. The molecule has 0 radical (unpaired) electrons. The van der Waals surface area contributed by atoms with Crippen LogP contribution < -0.4 is 15.2 Å². The van der Waals surface area contributed by atoms with E-state index in [2.05, 4.69) is 30.2 Å². The Balaban J connectivity index is 1.95. The van der Waals surface area contributed by atoms with Gasteiger partial charge in [-0.15, -0.1) is 0 Å². The highest BCUT2D eigenvalue weighted by atomic mass is 16.5. The number of benzene rings is 1. The third-order valence-electron chi connectivity index (χ3n) is 5.20. The Bertz CT molecular complexity index is 613. The lowest BCUT2D eigenvalue weighted by Gasteiger charge is -2.36. The van der Waals surface area contributed by atoms with Gasteiger partial charge in [-0.2, -0.15) is 0 Å². The van der Waals surface area contributed by atoms with Crippen molar-refractivity contribution in [3.8, 4) is 11.5 Å². The van der Waals surface area contributed by atoms with Gasteiger partial charge in [0, 0.05) is 24.6 Å². The van der Waals surface area contributed by atoms with Crippen LogP contribution in [0.5, 0.6) is 11.5 Å². The maximum absolute atomic E-state index is 6.33. The SMILES string of the molecule is COc1ccc2c3c1OC1C[C@H](N)C=CC31CCN(C)C2. The molecule has 0 amide bonds. The molecule has 3 aliphatic rings. The quantitative estimate of drug-likeness (QED) is 0.800. The van der Waals surface area contributed by atoms with Gasteiger partial charge in [-0.05, 0) is 31.6 Å². The number of rotatable bonds is 1. The first-order valence-corrected chi connectivity index (χ1v) is 7.64. The van der Waals surface area contributed by atoms with Gasteiger partial charge >= 0.3 is 0 Å². The van der Waals surface area contributed by atoms with Crippen LogP contribution in [0.3, 0.4) is 0 Å². The molecule has 0 fully saturated rings. The van der Waals surface area contributed by atoms with Gasteiger partial charge in [0.25, 0.3) is 0 Å². The first-order chi connectivity index (χ1) is 10.1. The van der Waals surface area contributed by atoms with Gasteiger partial charge in [0.2, 0.25) is 0 Å². The number of ether oxygens (including phenoxy) is 2. The van der Waals surface area contributed by atoms with Crippen LogP contribution in [0.1, 0.15) is 24.0 Å². The molecule has 4 heteroatoms. The van der Waals surface area contributed by atoms with Crippen LogP contribution in [0.4, 0.5) is 0 Å². The largest absolute Gasteiger partial charge is 0.493 e. The molecule has 0 saturated heterocycles. The minimum atomic E-state index is -0.0279. The maximum Gasteiger partial charge on any atom is 0.166 e. The zero-order valence-corrected chi connectivity index (χ0v) is 12.6. The molecule has 112 valence electrons. The van der Waals surface area contributed by atoms with E-state index in [1.807, 2.05) is 6.07 Å². The predicted octanol–water partition coefficient (Wildman–Crippen LogP) is 1.82. The Morgan fingerprint density at radius 2 is 2.29 bits per heavy atom. The van der Waals surface area contributed by atoms with Crippen LogP contribution in [-0.4, -0.2) is 37.7 Å². The summed E-state index contributed by atoms with van der Waals surface area (Å²) in [4.78, 5) is 2.38. The lowest BCUT2D eigenvalue weighted by Crippen LogP contribution is -2.44. The van der Waals surface area contributed by atoms with Crippen LogP contribution in [-0.2, 0) is 12.0 Å². The molecule has 3 atom stereocenters. The molecule has 0 saturated carbocycles. The summed E-state index contributed by atoms with van der Waals surface area (Å²) in [5, 5.41) is 0. The lowest BCUT2D eigenvalue weighted by atomic mass is 9.69. The average Bonchev–Trinajstić information content (AvgIpc) is 2.72. The van der Waals surface area contributed by atoms with Gasteiger partial charge < -0.3 is 20.1 Å². The summed E-state index contributed by atoms with van der Waals surface area (Å²) in [7, 11) is 3.89. The summed E-state index contributed by atoms with van der Waals surface area (Å²) >= 11 is 0. The Morgan fingerprint density at radius 3 is 3.10 bits per heavy atom. The van der Waals surface area contributed by atoms with Crippen molar-refractivity contribution in [2.45, 2.75) is 36.9 Å². The van der Waals surface area contributed by atoms with Crippen molar-refractivity contribution in [2.75, 3.05) is 20.7 Å². The van der Waals surface area contributed by atoms with Crippen molar-refractivity contribution in [3.63, 3.8) is 0 Å². The molecule has 2 aliphatic heterocycles. The summed E-state index contributed by atoms with van der Waals surface area (Å²) in [6.07, 6.45) is 6.54. The van der Waals surface area contributed by atoms with E-state index in [1.54, 1.807) is 7.11 Å². The molecule has 1 aromatic rings. The number of nitrogens with two attached hydrogens (primary N) is 1. The molecule has 1 aromatic carbocycles. The van der Waals surface area contributed by atoms with Crippen LogP contribution >= 0.6 is 0 Å². The molecular weight excluding hydrogens is 264 g/mol. The topological polar surface area (TPSA) is 47.7 Å².